The monoisotopic (exact) mass is 430 g/mol. The molecule has 0 aromatic heterocycles. The van der Waals surface area contributed by atoms with Gasteiger partial charge < -0.3 is 5.32 Å². The number of hydrogen-bond donors (Lipinski definition) is 1. The van der Waals surface area contributed by atoms with Crippen molar-refractivity contribution in [2.75, 3.05) is 19.4 Å². The molecule has 8 heteroatoms. The van der Waals surface area contributed by atoms with Crippen LogP contribution in [0.25, 0.3) is 0 Å². The summed E-state index contributed by atoms with van der Waals surface area (Å²) in [4.78, 5) is 12.5. The van der Waals surface area contributed by atoms with Gasteiger partial charge in [-0.2, -0.15) is 0 Å². The molecule has 0 aliphatic rings. The second-order valence-electron chi connectivity index (χ2n) is 5.35. The van der Waals surface area contributed by atoms with E-state index in [0.29, 0.717) is 15.2 Å². The van der Waals surface area contributed by atoms with Gasteiger partial charge in [-0.25, -0.2) is 12.7 Å². The lowest BCUT2D eigenvalue weighted by Gasteiger charge is -2.14. The number of nitrogens with zero attached hydrogens (tertiary/aromatic N) is 1. The molecular weight excluding hydrogens is 416 g/mol. The lowest BCUT2D eigenvalue weighted by molar-refractivity contribution is 0.102. The number of anilines is 1. The number of hydrogen-bond acceptors (Lipinski definition) is 3. The Morgan fingerprint density at radius 2 is 1.83 bits per heavy atom. The quantitative estimate of drug-likeness (QED) is 0.798. The highest BCUT2D eigenvalue weighted by Gasteiger charge is 2.22. The van der Waals surface area contributed by atoms with E-state index in [1.807, 2.05) is 6.92 Å². The third-order valence-corrected chi connectivity index (χ3v) is 6.43. The van der Waals surface area contributed by atoms with E-state index in [2.05, 4.69) is 21.2 Å². The molecule has 0 radical (unpaired) electrons. The van der Waals surface area contributed by atoms with E-state index < -0.39 is 15.9 Å². The molecule has 5 nitrogen and oxygen atoms in total. The number of amides is 1. The fourth-order valence-corrected chi connectivity index (χ4v) is 4.07. The van der Waals surface area contributed by atoms with Crippen LogP contribution in [0.3, 0.4) is 0 Å². The SMILES string of the molecule is Cc1cc(Cl)ccc1NC(=O)c1ccc(Br)c(S(=O)(=O)N(C)C)c1. The molecule has 0 heterocycles. The summed E-state index contributed by atoms with van der Waals surface area (Å²) in [5, 5.41) is 3.34. The normalized spacial score (nSPS) is 11.6. The van der Waals surface area contributed by atoms with E-state index in [1.165, 1.54) is 20.2 Å². The van der Waals surface area contributed by atoms with Gasteiger partial charge in [0.15, 0.2) is 0 Å². The van der Waals surface area contributed by atoms with E-state index in [-0.39, 0.29) is 10.5 Å². The van der Waals surface area contributed by atoms with Crippen molar-refractivity contribution < 1.29 is 13.2 Å². The summed E-state index contributed by atoms with van der Waals surface area (Å²) in [6.07, 6.45) is 0. The summed E-state index contributed by atoms with van der Waals surface area (Å²) in [6, 6.07) is 9.56. The third-order valence-electron chi connectivity index (χ3n) is 3.39. The van der Waals surface area contributed by atoms with Crippen LogP contribution in [-0.2, 0) is 10.0 Å². The molecule has 128 valence electrons. The molecule has 1 amide bonds. The van der Waals surface area contributed by atoms with Crippen molar-refractivity contribution >= 4 is 49.1 Å². The van der Waals surface area contributed by atoms with Crippen LogP contribution < -0.4 is 5.32 Å². The largest absolute Gasteiger partial charge is 0.322 e. The Bertz CT molecular complexity index is 898. The number of rotatable bonds is 4. The van der Waals surface area contributed by atoms with E-state index in [0.717, 1.165) is 9.87 Å². The Labute approximate surface area is 154 Å². The molecule has 24 heavy (non-hydrogen) atoms. The van der Waals surface area contributed by atoms with Gasteiger partial charge in [-0.15, -0.1) is 0 Å². The number of sulfonamides is 1. The smallest absolute Gasteiger partial charge is 0.255 e. The number of carbonyl (C=O) groups is 1. The van der Waals surface area contributed by atoms with Crippen molar-refractivity contribution in [2.45, 2.75) is 11.8 Å². The molecular formula is C16H16BrClN2O3S. The van der Waals surface area contributed by atoms with Gasteiger partial charge in [0, 0.05) is 34.8 Å². The predicted octanol–water partition coefficient (Wildman–Crippen LogP) is 3.91. The molecule has 0 spiro atoms. The lowest BCUT2D eigenvalue weighted by Crippen LogP contribution is -2.23. The van der Waals surface area contributed by atoms with Crippen molar-refractivity contribution in [3.63, 3.8) is 0 Å². The number of carbonyl (C=O) groups excluding carboxylic acids is 1. The molecule has 0 fully saturated rings. The van der Waals surface area contributed by atoms with Crippen LogP contribution in [0.5, 0.6) is 0 Å². The van der Waals surface area contributed by atoms with Crippen LogP contribution in [0, 0.1) is 6.92 Å². The molecule has 2 aromatic carbocycles. The Kier molecular flexibility index (Phi) is 5.70. The minimum Gasteiger partial charge on any atom is -0.322 e. The second kappa shape index (κ2) is 7.23. The van der Waals surface area contributed by atoms with Crippen molar-refractivity contribution in [1.29, 1.82) is 0 Å². The van der Waals surface area contributed by atoms with Gasteiger partial charge in [0.2, 0.25) is 10.0 Å². The molecule has 0 saturated carbocycles. The summed E-state index contributed by atoms with van der Waals surface area (Å²) < 4.78 is 26.1. The van der Waals surface area contributed by atoms with E-state index >= 15 is 0 Å². The number of halogens is 2. The summed E-state index contributed by atoms with van der Waals surface area (Å²) in [7, 11) is -0.789. The standard InChI is InChI=1S/C16H16BrClN2O3S/c1-10-8-12(18)5-7-14(10)19-16(21)11-4-6-13(17)15(9-11)24(22,23)20(2)3/h4-9H,1-3H3,(H,19,21). The topological polar surface area (TPSA) is 66.5 Å². The van der Waals surface area contributed by atoms with E-state index in [1.54, 1.807) is 30.3 Å². The van der Waals surface area contributed by atoms with Crippen molar-refractivity contribution in [2.24, 2.45) is 0 Å². The molecule has 0 aliphatic heterocycles. The van der Waals surface area contributed by atoms with Gasteiger partial charge in [-0.1, -0.05) is 11.6 Å². The molecule has 0 bridgehead atoms. The Balaban J connectivity index is 2.37. The highest BCUT2D eigenvalue weighted by Crippen LogP contribution is 2.26. The molecule has 0 saturated heterocycles. The maximum absolute atomic E-state index is 12.4. The molecule has 0 aliphatic carbocycles. The predicted molar refractivity (Wildman–Crippen MR) is 99.2 cm³/mol. The zero-order valence-electron chi connectivity index (χ0n) is 13.3. The Morgan fingerprint density at radius 1 is 1.17 bits per heavy atom. The van der Waals surface area contributed by atoms with Gasteiger partial charge >= 0.3 is 0 Å². The van der Waals surface area contributed by atoms with Crippen LogP contribution in [0.1, 0.15) is 15.9 Å². The minimum absolute atomic E-state index is 0.0352. The Hall–Kier alpha value is -1.41. The lowest BCUT2D eigenvalue weighted by atomic mass is 10.1. The summed E-state index contributed by atoms with van der Waals surface area (Å²) in [5.74, 6) is -0.400. The first-order valence-corrected chi connectivity index (χ1v) is 9.53. The van der Waals surface area contributed by atoms with Crippen LogP contribution in [-0.4, -0.2) is 32.7 Å². The molecule has 0 unspecified atom stereocenters. The van der Waals surface area contributed by atoms with Gasteiger partial charge in [0.1, 0.15) is 0 Å². The van der Waals surface area contributed by atoms with Crippen molar-refractivity contribution in [1.82, 2.24) is 4.31 Å². The minimum atomic E-state index is -3.66. The first-order chi connectivity index (χ1) is 11.1. The van der Waals surface area contributed by atoms with Crippen LogP contribution in [0.15, 0.2) is 45.8 Å². The van der Waals surface area contributed by atoms with E-state index in [9.17, 15) is 13.2 Å². The second-order valence-corrected chi connectivity index (χ2v) is 8.76. The highest BCUT2D eigenvalue weighted by atomic mass is 79.9. The molecule has 1 N–H and O–H groups in total. The molecule has 2 rings (SSSR count). The van der Waals surface area contributed by atoms with Crippen LogP contribution in [0.2, 0.25) is 5.02 Å². The van der Waals surface area contributed by atoms with Crippen LogP contribution >= 0.6 is 27.5 Å². The van der Waals surface area contributed by atoms with Gasteiger partial charge in [-0.05, 0) is 64.8 Å². The maximum atomic E-state index is 12.4. The number of benzene rings is 2. The third kappa shape index (κ3) is 3.97. The zero-order valence-corrected chi connectivity index (χ0v) is 16.5. The molecule has 2 aromatic rings. The maximum Gasteiger partial charge on any atom is 0.255 e. The Morgan fingerprint density at radius 3 is 2.42 bits per heavy atom. The summed E-state index contributed by atoms with van der Waals surface area (Å²) in [5.41, 5.74) is 1.67. The van der Waals surface area contributed by atoms with Crippen LogP contribution in [0.4, 0.5) is 5.69 Å². The molecule has 0 atom stereocenters. The first-order valence-electron chi connectivity index (χ1n) is 6.92. The van der Waals surface area contributed by atoms with Gasteiger partial charge in [-0.3, -0.25) is 4.79 Å². The average molecular weight is 432 g/mol. The fraction of sp³-hybridized carbons (Fsp3) is 0.188. The highest BCUT2D eigenvalue weighted by molar-refractivity contribution is 9.10. The average Bonchev–Trinajstić information content (AvgIpc) is 2.50. The number of aryl methyl sites for hydroxylation is 1. The summed E-state index contributed by atoms with van der Waals surface area (Å²) in [6.45, 7) is 1.82. The fourth-order valence-electron chi connectivity index (χ4n) is 2.00. The van der Waals surface area contributed by atoms with Gasteiger partial charge in [0.05, 0.1) is 4.90 Å². The number of nitrogens with one attached hydrogen (secondary N) is 1. The first kappa shape index (κ1) is 18.9. The zero-order chi connectivity index (χ0) is 18.1. The van der Waals surface area contributed by atoms with Gasteiger partial charge in [0.25, 0.3) is 5.91 Å². The van der Waals surface area contributed by atoms with Crippen molar-refractivity contribution in [3.05, 3.63) is 57.0 Å². The van der Waals surface area contributed by atoms with Crippen molar-refractivity contribution in [3.8, 4) is 0 Å². The van der Waals surface area contributed by atoms with E-state index in [4.69, 9.17) is 11.6 Å². The summed E-state index contributed by atoms with van der Waals surface area (Å²) >= 11 is 9.12.